The van der Waals surface area contributed by atoms with Crippen LogP contribution in [0.2, 0.25) is 0 Å². The lowest BCUT2D eigenvalue weighted by Gasteiger charge is -2.01. The van der Waals surface area contributed by atoms with Crippen LogP contribution in [0.5, 0.6) is 0 Å². The Balaban J connectivity index is 3.25. The zero-order chi connectivity index (χ0) is 12.1. The van der Waals surface area contributed by atoms with Crippen LogP contribution >= 0.6 is 11.8 Å². The van der Waals surface area contributed by atoms with Gasteiger partial charge in [-0.2, -0.15) is 5.26 Å². The Hall–Kier alpha value is -0.950. The van der Waals surface area contributed by atoms with Crippen LogP contribution in [0.25, 0.3) is 0 Å². The summed E-state index contributed by atoms with van der Waals surface area (Å²) in [6.45, 7) is 2.93. The number of amides is 1. The maximum atomic E-state index is 11.1. The molecule has 0 rings (SSSR count). The zero-order valence-corrected chi connectivity index (χ0v) is 10.7. The van der Waals surface area contributed by atoms with Crippen molar-refractivity contribution in [1.82, 2.24) is 5.32 Å². The summed E-state index contributed by atoms with van der Waals surface area (Å²) in [4.78, 5) is 11.1. The summed E-state index contributed by atoms with van der Waals surface area (Å²) in [5.41, 5.74) is 0. The van der Waals surface area contributed by atoms with E-state index < -0.39 is 0 Å². The van der Waals surface area contributed by atoms with Crippen molar-refractivity contribution in [3.05, 3.63) is 11.5 Å². The van der Waals surface area contributed by atoms with E-state index in [4.69, 9.17) is 5.26 Å². The third-order valence-corrected chi connectivity index (χ3v) is 2.55. The number of thioether (sulfide) groups is 1. The summed E-state index contributed by atoms with van der Waals surface area (Å²) in [5.74, 6) is -0.115. The molecule has 0 heterocycles. The van der Waals surface area contributed by atoms with Gasteiger partial charge in [-0.25, -0.2) is 0 Å². The molecule has 0 aliphatic rings. The van der Waals surface area contributed by atoms with E-state index in [-0.39, 0.29) is 5.91 Å². The third-order valence-electron chi connectivity index (χ3n) is 2.17. The number of hydrogen-bond acceptors (Lipinski definition) is 3. The van der Waals surface area contributed by atoms with Gasteiger partial charge in [0.05, 0.1) is 0 Å². The van der Waals surface area contributed by atoms with Gasteiger partial charge < -0.3 is 5.32 Å². The molecule has 1 amide bonds. The molecule has 0 saturated carbocycles. The molecule has 0 aliphatic carbocycles. The first kappa shape index (κ1) is 15.0. The number of thiocyanates is 1. The Labute approximate surface area is 102 Å². The Kier molecular flexibility index (Phi) is 11.4. The number of nitriles is 1. The average Bonchev–Trinajstić information content (AvgIpc) is 2.28. The van der Waals surface area contributed by atoms with E-state index in [2.05, 4.69) is 12.2 Å². The molecule has 0 bridgehead atoms. The lowest BCUT2D eigenvalue weighted by molar-refractivity contribution is -0.116. The first-order chi connectivity index (χ1) is 7.81. The molecule has 16 heavy (non-hydrogen) atoms. The van der Waals surface area contributed by atoms with Gasteiger partial charge >= 0.3 is 0 Å². The molecular weight excluding hydrogens is 220 g/mol. The quantitative estimate of drug-likeness (QED) is 0.382. The Morgan fingerprint density at radius 2 is 2.00 bits per heavy atom. The van der Waals surface area contributed by atoms with Crippen LogP contribution in [-0.2, 0) is 4.79 Å². The summed E-state index contributed by atoms with van der Waals surface area (Å²) in [5, 5.41) is 14.4. The topological polar surface area (TPSA) is 52.9 Å². The normalized spacial score (nSPS) is 10.2. The molecule has 0 aliphatic heterocycles. The van der Waals surface area contributed by atoms with Crippen LogP contribution in [0.15, 0.2) is 11.5 Å². The molecule has 0 fully saturated rings. The van der Waals surface area contributed by atoms with Crippen LogP contribution in [0.3, 0.4) is 0 Å². The van der Waals surface area contributed by atoms with Gasteiger partial charge in [-0.3, -0.25) is 4.79 Å². The molecule has 90 valence electrons. The highest BCUT2D eigenvalue weighted by Crippen LogP contribution is 2.04. The molecule has 0 spiro atoms. The molecule has 0 aromatic carbocycles. The van der Waals surface area contributed by atoms with Crippen molar-refractivity contribution >= 4 is 17.7 Å². The second-order valence-electron chi connectivity index (χ2n) is 3.57. The summed E-state index contributed by atoms with van der Waals surface area (Å²) in [7, 11) is 0. The minimum absolute atomic E-state index is 0.115. The van der Waals surface area contributed by atoms with E-state index in [0.29, 0.717) is 0 Å². The maximum Gasteiger partial charge on any atom is 0.244 e. The zero-order valence-electron chi connectivity index (χ0n) is 9.87. The van der Waals surface area contributed by atoms with Crippen molar-refractivity contribution in [3.63, 3.8) is 0 Å². The standard InChI is InChI=1S/C12H20N2OS/c1-2-3-4-5-6-7-9-14-12(15)8-10-16-11-13/h8,10H,2-7,9H2,1H3,(H,14,15)/b10-8-. The van der Waals surface area contributed by atoms with Gasteiger partial charge in [0.25, 0.3) is 0 Å². The van der Waals surface area contributed by atoms with Crippen molar-refractivity contribution in [2.24, 2.45) is 0 Å². The van der Waals surface area contributed by atoms with Crippen LogP contribution in [0.4, 0.5) is 0 Å². The van der Waals surface area contributed by atoms with Crippen molar-refractivity contribution in [1.29, 1.82) is 5.26 Å². The van der Waals surface area contributed by atoms with E-state index in [9.17, 15) is 4.79 Å². The van der Waals surface area contributed by atoms with E-state index in [0.717, 1.165) is 24.7 Å². The predicted molar refractivity (Wildman–Crippen MR) is 68.7 cm³/mol. The second-order valence-corrected chi connectivity index (χ2v) is 4.26. The average molecular weight is 240 g/mol. The molecule has 4 heteroatoms. The summed E-state index contributed by atoms with van der Waals surface area (Å²) in [6, 6.07) is 0. The smallest absolute Gasteiger partial charge is 0.244 e. The molecular formula is C12H20N2OS. The van der Waals surface area contributed by atoms with Crippen molar-refractivity contribution in [3.8, 4) is 5.40 Å². The van der Waals surface area contributed by atoms with E-state index in [1.54, 1.807) is 0 Å². The Morgan fingerprint density at radius 1 is 1.31 bits per heavy atom. The molecule has 0 aromatic rings. The molecule has 0 saturated heterocycles. The lowest BCUT2D eigenvalue weighted by atomic mass is 10.1. The number of carbonyl (C=O) groups is 1. The van der Waals surface area contributed by atoms with Gasteiger partial charge in [0.15, 0.2) is 0 Å². The number of rotatable bonds is 9. The fourth-order valence-electron chi connectivity index (χ4n) is 1.30. The van der Waals surface area contributed by atoms with Crippen LogP contribution in [0.1, 0.15) is 45.4 Å². The van der Waals surface area contributed by atoms with Gasteiger partial charge in [0.2, 0.25) is 5.91 Å². The van der Waals surface area contributed by atoms with E-state index >= 15 is 0 Å². The minimum atomic E-state index is -0.115. The monoisotopic (exact) mass is 240 g/mol. The number of carbonyl (C=O) groups excluding carboxylic acids is 1. The highest BCUT2D eigenvalue weighted by molar-refractivity contribution is 8.06. The number of unbranched alkanes of at least 4 members (excludes halogenated alkanes) is 5. The molecule has 0 radical (unpaired) electrons. The highest BCUT2D eigenvalue weighted by atomic mass is 32.2. The van der Waals surface area contributed by atoms with E-state index in [1.807, 2.05) is 5.40 Å². The minimum Gasteiger partial charge on any atom is -0.353 e. The summed E-state index contributed by atoms with van der Waals surface area (Å²) < 4.78 is 0. The number of hydrogen-bond donors (Lipinski definition) is 1. The first-order valence-electron chi connectivity index (χ1n) is 5.80. The third kappa shape index (κ3) is 11.1. The summed E-state index contributed by atoms with van der Waals surface area (Å²) >= 11 is 0.953. The Morgan fingerprint density at radius 3 is 2.69 bits per heavy atom. The van der Waals surface area contributed by atoms with Crippen molar-refractivity contribution < 1.29 is 4.79 Å². The molecule has 0 aromatic heterocycles. The SMILES string of the molecule is CCCCCCCCNC(=O)/C=C\SC#N. The van der Waals surface area contributed by atoms with Crippen molar-refractivity contribution in [2.45, 2.75) is 45.4 Å². The van der Waals surface area contributed by atoms with Crippen LogP contribution in [-0.4, -0.2) is 12.5 Å². The predicted octanol–water partition coefficient (Wildman–Crippen LogP) is 3.19. The largest absolute Gasteiger partial charge is 0.353 e. The first-order valence-corrected chi connectivity index (χ1v) is 6.68. The molecule has 0 unspecified atom stereocenters. The fraction of sp³-hybridized carbons (Fsp3) is 0.667. The second kappa shape index (κ2) is 12.1. The van der Waals surface area contributed by atoms with E-state index in [1.165, 1.54) is 43.6 Å². The van der Waals surface area contributed by atoms with Crippen LogP contribution in [0, 0.1) is 10.7 Å². The maximum absolute atomic E-state index is 11.1. The van der Waals surface area contributed by atoms with Gasteiger partial charge in [0.1, 0.15) is 5.40 Å². The van der Waals surface area contributed by atoms with Crippen molar-refractivity contribution in [2.75, 3.05) is 6.54 Å². The van der Waals surface area contributed by atoms with Crippen LogP contribution < -0.4 is 5.32 Å². The van der Waals surface area contributed by atoms with Gasteiger partial charge in [-0.05, 0) is 23.6 Å². The number of nitrogens with one attached hydrogen (secondary N) is 1. The van der Waals surface area contributed by atoms with Gasteiger partial charge in [-0.15, -0.1) is 0 Å². The highest BCUT2D eigenvalue weighted by Gasteiger charge is 1.94. The summed E-state index contributed by atoms with van der Waals surface area (Å²) in [6.07, 6.45) is 8.72. The number of nitrogens with zero attached hydrogens (tertiary/aromatic N) is 1. The van der Waals surface area contributed by atoms with Gasteiger partial charge in [0, 0.05) is 12.6 Å². The fourth-order valence-corrected chi connectivity index (χ4v) is 1.55. The lowest BCUT2D eigenvalue weighted by Crippen LogP contribution is -2.21. The molecule has 3 nitrogen and oxygen atoms in total. The Bertz CT molecular complexity index is 246. The van der Waals surface area contributed by atoms with Gasteiger partial charge in [-0.1, -0.05) is 39.0 Å². The molecule has 1 N–H and O–H groups in total. The molecule has 0 atom stereocenters.